The van der Waals surface area contributed by atoms with E-state index in [1.165, 1.54) is 12.2 Å². The highest BCUT2D eigenvalue weighted by Gasteiger charge is 2.33. The van der Waals surface area contributed by atoms with Gasteiger partial charge < -0.3 is 5.53 Å². The smallest absolute Gasteiger partial charge is 0.296 e. The minimum atomic E-state index is -0.398. The summed E-state index contributed by atoms with van der Waals surface area (Å²) in [4.78, 5) is 25.2. The van der Waals surface area contributed by atoms with Crippen molar-refractivity contribution in [2.24, 2.45) is 0 Å². The highest BCUT2D eigenvalue weighted by atomic mass is 16.2. The highest BCUT2D eigenvalue weighted by Crippen LogP contribution is 2.21. The fraction of sp³-hybridized carbons (Fsp3) is 0.125. The van der Waals surface area contributed by atoms with Gasteiger partial charge in [-0.15, -0.1) is 0 Å². The Bertz CT molecular complexity index is 425. The third-order valence-corrected chi connectivity index (χ3v) is 2.00. The number of allylic oxidation sites excluding steroid dienone is 1. The van der Waals surface area contributed by atoms with Crippen molar-refractivity contribution in [2.45, 2.75) is 6.42 Å². The number of carbonyl (C=O) groups is 2. The van der Waals surface area contributed by atoms with Gasteiger partial charge in [0.2, 0.25) is 0 Å². The molecule has 0 saturated heterocycles. The van der Waals surface area contributed by atoms with E-state index >= 15 is 0 Å². The molecule has 5 nitrogen and oxygen atoms in total. The Balaban J connectivity index is 2.49. The second-order valence-corrected chi connectivity index (χ2v) is 2.78. The van der Waals surface area contributed by atoms with E-state index in [1.54, 1.807) is 0 Å². The van der Waals surface area contributed by atoms with E-state index in [-0.39, 0.29) is 12.3 Å². The van der Waals surface area contributed by atoms with E-state index in [0.717, 1.165) is 0 Å². The lowest BCUT2D eigenvalue weighted by Crippen LogP contribution is -2.23. The van der Waals surface area contributed by atoms with Crippen LogP contribution in [0.15, 0.2) is 23.3 Å². The molecule has 2 amide bonds. The Morgan fingerprint density at radius 3 is 2.77 bits per heavy atom. The first-order chi connectivity index (χ1) is 6.22. The molecule has 1 aliphatic carbocycles. The van der Waals surface area contributed by atoms with E-state index in [2.05, 4.69) is 10.1 Å². The number of rotatable bonds is 0. The zero-order valence-corrected chi connectivity index (χ0v) is 6.57. The SMILES string of the molecule is [N-]=[N+]=C1C=CC2=C(C1)C(=O)NC2=O. The van der Waals surface area contributed by atoms with Crippen LogP contribution in [0.3, 0.4) is 0 Å². The molecule has 0 saturated carbocycles. The molecule has 0 radical (unpaired) electrons. The van der Waals surface area contributed by atoms with Crippen LogP contribution in [0.2, 0.25) is 0 Å². The number of nitrogens with one attached hydrogen (secondary N) is 1. The number of hydrogen-bond donors (Lipinski definition) is 1. The normalized spacial score (nSPS) is 20.2. The fourth-order valence-electron chi connectivity index (χ4n) is 1.35. The zero-order chi connectivity index (χ0) is 9.42. The Morgan fingerprint density at radius 1 is 1.31 bits per heavy atom. The van der Waals surface area contributed by atoms with Gasteiger partial charge in [0.25, 0.3) is 17.5 Å². The summed E-state index contributed by atoms with van der Waals surface area (Å²) in [5, 5.41) is 2.16. The molecule has 0 atom stereocenters. The summed E-state index contributed by atoms with van der Waals surface area (Å²) >= 11 is 0. The Kier molecular flexibility index (Phi) is 1.47. The Hall–Kier alpha value is -2.00. The number of hydrogen-bond acceptors (Lipinski definition) is 2. The fourth-order valence-corrected chi connectivity index (χ4v) is 1.35. The Morgan fingerprint density at radius 2 is 2.08 bits per heavy atom. The molecule has 64 valence electrons. The van der Waals surface area contributed by atoms with Gasteiger partial charge in [0, 0.05) is 17.2 Å². The lowest BCUT2D eigenvalue weighted by Gasteiger charge is -1.98. The van der Waals surface area contributed by atoms with Crippen molar-refractivity contribution in [2.75, 3.05) is 0 Å². The van der Waals surface area contributed by atoms with Crippen LogP contribution in [0, 0.1) is 0 Å². The maximum atomic E-state index is 11.1. The summed E-state index contributed by atoms with van der Waals surface area (Å²) < 4.78 is 0. The van der Waals surface area contributed by atoms with Crippen LogP contribution in [-0.4, -0.2) is 22.3 Å². The topological polar surface area (TPSA) is 82.6 Å². The molecule has 1 aliphatic heterocycles. The van der Waals surface area contributed by atoms with Crippen LogP contribution in [0.1, 0.15) is 6.42 Å². The number of imide groups is 1. The molecule has 0 spiro atoms. The second-order valence-electron chi connectivity index (χ2n) is 2.78. The van der Waals surface area contributed by atoms with Gasteiger partial charge in [-0.3, -0.25) is 14.9 Å². The van der Waals surface area contributed by atoms with Crippen molar-refractivity contribution in [1.82, 2.24) is 5.32 Å². The third kappa shape index (κ3) is 1.02. The van der Waals surface area contributed by atoms with Crippen molar-refractivity contribution in [1.29, 1.82) is 0 Å². The maximum Gasteiger partial charge on any atom is 0.296 e. The van der Waals surface area contributed by atoms with Crippen LogP contribution in [0.4, 0.5) is 0 Å². The number of nitrogens with zero attached hydrogens (tertiary/aromatic N) is 2. The molecule has 13 heavy (non-hydrogen) atoms. The molecule has 0 unspecified atom stereocenters. The van der Waals surface area contributed by atoms with Gasteiger partial charge in [-0.05, 0) is 6.08 Å². The summed E-state index contributed by atoms with van der Waals surface area (Å²) in [7, 11) is 0. The largest absolute Gasteiger partial charge is 0.361 e. The van der Waals surface area contributed by atoms with Crippen LogP contribution < -0.4 is 5.32 Å². The van der Waals surface area contributed by atoms with Gasteiger partial charge in [-0.1, -0.05) is 0 Å². The van der Waals surface area contributed by atoms with E-state index in [0.29, 0.717) is 16.9 Å². The molecule has 0 bridgehead atoms. The highest BCUT2D eigenvalue weighted by molar-refractivity contribution is 6.24. The minimum Gasteiger partial charge on any atom is -0.361 e. The average Bonchev–Trinajstić information content (AvgIpc) is 2.42. The van der Waals surface area contributed by atoms with Gasteiger partial charge in [0.15, 0.2) is 0 Å². The minimum absolute atomic E-state index is 0.208. The molecular weight excluding hydrogens is 170 g/mol. The molecular formula is C8H5N3O2. The van der Waals surface area contributed by atoms with E-state index in [9.17, 15) is 9.59 Å². The first-order valence-electron chi connectivity index (χ1n) is 3.70. The van der Waals surface area contributed by atoms with Crippen LogP contribution in [-0.2, 0) is 9.59 Å². The number of carbonyl (C=O) groups excluding carboxylic acids is 2. The maximum absolute atomic E-state index is 11.1. The quantitative estimate of drug-likeness (QED) is 0.308. The molecule has 2 rings (SSSR count). The summed E-state index contributed by atoms with van der Waals surface area (Å²) in [6, 6.07) is 0. The molecule has 0 aromatic rings. The molecule has 1 N–H and O–H groups in total. The first kappa shape index (κ1) is 7.64. The van der Waals surface area contributed by atoms with Gasteiger partial charge in [0.05, 0.1) is 6.42 Å². The zero-order valence-electron chi connectivity index (χ0n) is 6.57. The lowest BCUT2D eigenvalue weighted by molar-refractivity contribution is -0.124. The van der Waals surface area contributed by atoms with Gasteiger partial charge in [-0.2, -0.15) is 4.79 Å². The van der Waals surface area contributed by atoms with Gasteiger partial charge >= 0.3 is 0 Å². The third-order valence-electron chi connectivity index (χ3n) is 2.00. The van der Waals surface area contributed by atoms with Crippen LogP contribution in [0.5, 0.6) is 0 Å². The van der Waals surface area contributed by atoms with Crippen LogP contribution in [0.25, 0.3) is 5.53 Å². The van der Waals surface area contributed by atoms with Gasteiger partial charge in [-0.25, -0.2) is 0 Å². The Labute approximate surface area is 73.4 Å². The molecule has 0 fully saturated rings. The summed E-state index contributed by atoms with van der Waals surface area (Å²) in [5.74, 6) is -0.779. The molecule has 5 heteroatoms. The van der Waals surface area contributed by atoms with Crippen molar-refractivity contribution in [3.05, 3.63) is 28.8 Å². The molecule has 0 aromatic heterocycles. The summed E-state index contributed by atoms with van der Waals surface area (Å²) in [6.07, 6.45) is 3.20. The standard InChI is InChI=1S/C8H5N3O2/c9-11-4-1-2-5-6(3-4)8(13)10-7(5)12/h1-2H,3H2,(H,10,12,13). The van der Waals surface area contributed by atoms with E-state index < -0.39 is 5.91 Å². The monoisotopic (exact) mass is 175 g/mol. The van der Waals surface area contributed by atoms with E-state index in [1.807, 2.05) is 0 Å². The van der Waals surface area contributed by atoms with Crippen molar-refractivity contribution in [3.8, 4) is 0 Å². The van der Waals surface area contributed by atoms with Crippen molar-refractivity contribution in [3.63, 3.8) is 0 Å². The van der Waals surface area contributed by atoms with E-state index in [4.69, 9.17) is 5.53 Å². The first-order valence-corrected chi connectivity index (χ1v) is 3.70. The average molecular weight is 175 g/mol. The molecule has 0 aromatic carbocycles. The van der Waals surface area contributed by atoms with Crippen LogP contribution >= 0.6 is 0 Å². The predicted octanol–water partition coefficient (Wildman–Crippen LogP) is -0.430. The van der Waals surface area contributed by atoms with Crippen molar-refractivity contribution >= 4 is 17.5 Å². The number of amides is 2. The van der Waals surface area contributed by atoms with Crippen molar-refractivity contribution < 1.29 is 14.4 Å². The molecule has 1 heterocycles. The second kappa shape index (κ2) is 2.50. The predicted molar refractivity (Wildman–Crippen MR) is 42.6 cm³/mol. The summed E-state index contributed by atoms with van der Waals surface area (Å²) in [6.45, 7) is 0. The summed E-state index contributed by atoms with van der Waals surface area (Å²) in [5.41, 5.74) is 9.59. The van der Waals surface area contributed by atoms with Gasteiger partial charge in [0.1, 0.15) is 0 Å². The molecule has 2 aliphatic rings. The lowest BCUT2D eigenvalue weighted by atomic mass is 9.98.